The number of likely N-dealkylation sites (N-methyl/N-ethyl adjacent to an activating group) is 1. The van der Waals surface area contributed by atoms with Crippen molar-refractivity contribution in [1.29, 1.82) is 0 Å². The number of hydrogen-bond donors (Lipinski definition) is 1. The van der Waals surface area contributed by atoms with E-state index in [-0.39, 0.29) is 0 Å². The maximum absolute atomic E-state index is 15.6. The molecule has 1 heterocycles. The zero-order valence-corrected chi connectivity index (χ0v) is 14.4. The summed E-state index contributed by atoms with van der Waals surface area (Å²) < 4.78 is 13.6. The van der Waals surface area contributed by atoms with Crippen molar-refractivity contribution in [2.24, 2.45) is 0 Å². The number of benzene rings is 1. The molecule has 0 aliphatic carbocycles. The molecule has 20 heavy (non-hydrogen) atoms. The van der Waals surface area contributed by atoms with E-state index in [0.717, 1.165) is 17.7 Å². The molecule has 0 radical (unpaired) electrons. The highest BCUT2D eigenvalue weighted by molar-refractivity contribution is 7.99. The van der Waals surface area contributed by atoms with Gasteiger partial charge in [-0.1, -0.05) is 53.9 Å². The summed E-state index contributed by atoms with van der Waals surface area (Å²) in [5.74, 6) is 1.02. The molecule has 2 rings (SSSR count). The summed E-state index contributed by atoms with van der Waals surface area (Å²) in [7, 11) is 0. The molecule has 1 aliphatic rings. The maximum Gasteiger partial charge on any atom is 0.229 e. The molecule has 6 heteroatoms. The van der Waals surface area contributed by atoms with Crippen molar-refractivity contribution >= 4 is 46.6 Å². The van der Waals surface area contributed by atoms with Crippen molar-refractivity contribution in [1.82, 2.24) is 5.32 Å². The lowest BCUT2D eigenvalue weighted by molar-refractivity contribution is 0.117. The minimum Gasteiger partial charge on any atom is -0.311 e. The van der Waals surface area contributed by atoms with Crippen LogP contribution < -0.4 is 5.32 Å². The Bertz CT molecular complexity index is 492. The topological polar surface area (TPSA) is 12.0 Å². The van der Waals surface area contributed by atoms with Crippen LogP contribution in [0.2, 0.25) is 0 Å². The first-order valence-electron chi connectivity index (χ1n) is 6.56. The Kier molecular flexibility index (Phi) is 5.19. The largest absolute Gasteiger partial charge is 0.311 e. The molecule has 2 atom stereocenters. The quantitative estimate of drug-likeness (QED) is 0.773. The van der Waals surface area contributed by atoms with E-state index in [4.69, 9.17) is 34.8 Å². The third-order valence-electron chi connectivity index (χ3n) is 3.63. The monoisotopic (exact) mass is 355 g/mol. The molecule has 1 aliphatic heterocycles. The highest BCUT2D eigenvalue weighted by Gasteiger charge is 2.54. The number of aryl methyl sites for hydroxylation is 1. The van der Waals surface area contributed by atoms with Crippen molar-refractivity contribution in [3.63, 3.8) is 0 Å². The molecule has 0 amide bonds. The molecule has 1 aromatic carbocycles. The van der Waals surface area contributed by atoms with Gasteiger partial charge in [0.15, 0.2) is 5.67 Å². The number of hydrogen-bond acceptors (Lipinski definition) is 2. The molecule has 0 spiro atoms. The predicted octanol–water partition coefficient (Wildman–Crippen LogP) is 4.87. The Balaban J connectivity index is 2.46. The van der Waals surface area contributed by atoms with E-state index in [0.29, 0.717) is 12.1 Å². The summed E-state index contributed by atoms with van der Waals surface area (Å²) >= 11 is 19.7. The minimum absolute atomic E-state index is 0.423. The molecule has 1 N–H and O–H groups in total. The molecular formula is C14H17Cl3FNS. The van der Waals surface area contributed by atoms with Crippen LogP contribution in [0.1, 0.15) is 25.0 Å². The summed E-state index contributed by atoms with van der Waals surface area (Å²) in [6.45, 7) is 4.20. The van der Waals surface area contributed by atoms with Gasteiger partial charge in [-0.2, -0.15) is 0 Å². The molecule has 0 saturated heterocycles. The normalized spacial score (nSPS) is 19.5. The van der Waals surface area contributed by atoms with Crippen molar-refractivity contribution in [2.75, 3.05) is 12.3 Å². The Morgan fingerprint density at radius 1 is 1.40 bits per heavy atom. The lowest BCUT2D eigenvalue weighted by Crippen LogP contribution is -2.51. The number of fused-ring (bicyclic) bond motifs is 1. The highest BCUT2D eigenvalue weighted by atomic mass is 35.6. The van der Waals surface area contributed by atoms with Crippen LogP contribution in [0.5, 0.6) is 0 Å². The van der Waals surface area contributed by atoms with E-state index in [9.17, 15) is 0 Å². The fourth-order valence-corrected chi connectivity index (χ4v) is 4.39. The molecule has 1 aromatic rings. The summed E-state index contributed by atoms with van der Waals surface area (Å²) in [6, 6.07) is 4.89. The van der Waals surface area contributed by atoms with E-state index in [1.807, 2.05) is 19.1 Å². The van der Waals surface area contributed by atoms with Crippen molar-refractivity contribution in [3.8, 4) is 0 Å². The first kappa shape index (κ1) is 16.7. The summed E-state index contributed by atoms with van der Waals surface area (Å²) in [5.41, 5.74) is -0.518. The fourth-order valence-electron chi connectivity index (χ4n) is 2.52. The zero-order chi connectivity index (χ0) is 15.0. The van der Waals surface area contributed by atoms with Gasteiger partial charge in [0.25, 0.3) is 0 Å². The first-order valence-corrected chi connectivity index (χ1v) is 8.68. The Labute approximate surface area is 138 Å². The Hall–Kier alpha value is 0.330. The van der Waals surface area contributed by atoms with Gasteiger partial charge in [-0.25, -0.2) is 4.39 Å². The number of rotatable bonds is 4. The highest BCUT2D eigenvalue weighted by Crippen LogP contribution is 2.51. The van der Waals surface area contributed by atoms with E-state index in [2.05, 4.69) is 5.32 Å². The predicted molar refractivity (Wildman–Crippen MR) is 87.1 cm³/mol. The Morgan fingerprint density at radius 2 is 2.10 bits per heavy atom. The van der Waals surface area contributed by atoms with E-state index >= 15 is 4.39 Å². The molecule has 0 aromatic heterocycles. The van der Waals surface area contributed by atoms with Gasteiger partial charge in [0.1, 0.15) is 0 Å². The maximum atomic E-state index is 15.6. The van der Waals surface area contributed by atoms with Crippen molar-refractivity contribution < 1.29 is 4.39 Å². The van der Waals surface area contributed by atoms with Gasteiger partial charge < -0.3 is 5.32 Å². The summed E-state index contributed by atoms with van der Waals surface area (Å²) in [5, 5.41) is 3.03. The molecule has 2 unspecified atom stereocenters. The number of halogens is 4. The van der Waals surface area contributed by atoms with Gasteiger partial charge in [-0.3, -0.25) is 0 Å². The van der Waals surface area contributed by atoms with Gasteiger partial charge in [0.2, 0.25) is 3.79 Å². The Morgan fingerprint density at radius 3 is 2.70 bits per heavy atom. The van der Waals surface area contributed by atoms with E-state index < -0.39 is 15.5 Å². The van der Waals surface area contributed by atoms with Crippen molar-refractivity contribution in [2.45, 2.75) is 40.7 Å². The van der Waals surface area contributed by atoms with E-state index in [1.165, 1.54) is 4.90 Å². The molecule has 0 saturated carbocycles. The average Bonchev–Trinajstić information content (AvgIpc) is 2.83. The summed E-state index contributed by atoms with van der Waals surface area (Å²) in [4.78, 5) is 1.19. The average molecular weight is 357 g/mol. The van der Waals surface area contributed by atoms with Crippen LogP contribution in [-0.2, 0) is 12.1 Å². The molecule has 112 valence electrons. The molecule has 1 nitrogen and oxygen atoms in total. The van der Waals surface area contributed by atoms with Crippen LogP contribution in [0.25, 0.3) is 0 Å². The number of alkyl halides is 4. The lowest BCUT2D eigenvalue weighted by atomic mass is 9.88. The van der Waals surface area contributed by atoms with Gasteiger partial charge in [0, 0.05) is 16.7 Å². The van der Waals surface area contributed by atoms with E-state index in [1.54, 1.807) is 24.8 Å². The van der Waals surface area contributed by atoms with Crippen LogP contribution in [0, 0.1) is 0 Å². The molecular weight excluding hydrogens is 340 g/mol. The van der Waals surface area contributed by atoms with Gasteiger partial charge in [-0.05, 0) is 37.1 Å². The second-order valence-electron chi connectivity index (χ2n) is 4.91. The van der Waals surface area contributed by atoms with Crippen LogP contribution in [0.4, 0.5) is 4.39 Å². The SMILES string of the molecule is CCNC(C)C(F)(c1ccc2c(c1)CCS2)C(Cl)(Cl)Cl. The van der Waals surface area contributed by atoms with Crippen LogP contribution in [-0.4, -0.2) is 22.1 Å². The van der Waals surface area contributed by atoms with Crippen molar-refractivity contribution in [3.05, 3.63) is 29.3 Å². The standard InChI is InChI=1S/C14H17Cl3FNS/c1-3-19-9(2)13(18,14(15,16)17)11-4-5-12-10(8-11)6-7-20-12/h4-5,8-9,19H,3,6-7H2,1-2H3. The van der Waals surface area contributed by atoms with Crippen LogP contribution >= 0.6 is 46.6 Å². The second-order valence-corrected chi connectivity index (χ2v) is 8.33. The fraction of sp³-hybridized carbons (Fsp3) is 0.571. The van der Waals surface area contributed by atoms with Crippen LogP contribution in [0.3, 0.4) is 0 Å². The number of nitrogens with one attached hydrogen (secondary N) is 1. The molecule has 0 bridgehead atoms. The summed E-state index contributed by atoms with van der Waals surface area (Å²) in [6.07, 6.45) is 0.930. The zero-order valence-electron chi connectivity index (χ0n) is 11.4. The molecule has 0 fully saturated rings. The third kappa shape index (κ3) is 2.93. The third-order valence-corrected chi connectivity index (χ3v) is 5.57. The second kappa shape index (κ2) is 6.21. The van der Waals surface area contributed by atoms with Crippen LogP contribution in [0.15, 0.2) is 23.1 Å². The lowest BCUT2D eigenvalue weighted by Gasteiger charge is -2.38. The minimum atomic E-state index is -2.07. The van der Waals surface area contributed by atoms with Gasteiger partial charge >= 0.3 is 0 Å². The van der Waals surface area contributed by atoms with Gasteiger partial charge in [0.05, 0.1) is 0 Å². The smallest absolute Gasteiger partial charge is 0.229 e. The van der Waals surface area contributed by atoms with Gasteiger partial charge in [-0.15, -0.1) is 11.8 Å². The first-order chi connectivity index (χ1) is 9.30. The number of thioether (sulfide) groups is 1.